The van der Waals surface area contributed by atoms with Gasteiger partial charge in [-0.05, 0) is 54.0 Å². The second kappa shape index (κ2) is 9.04. The molecule has 1 unspecified atom stereocenters. The number of methoxy groups -OCH3 is 1. The molecule has 3 rings (SSSR count). The van der Waals surface area contributed by atoms with Gasteiger partial charge in [0.05, 0.1) is 7.11 Å². The summed E-state index contributed by atoms with van der Waals surface area (Å²) in [6.07, 6.45) is 2.80. The van der Waals surface area contributed by atoms with Crippen molar-refractivity contribution in [3.63, 3.8) is 0 Å². The Morgan fingerprint density at radius 3 is 2.22 bits per heavy atom. The number of aromatic hydroxyl groups is 1. The highest BCUT2D eigenvalue weighted by molar-refractivity contribution is 5.92. The zero-order valence-corrected chi connectivity index (χ0v) is 15.5. The molecule has 0 aliphatic rings. The van der Waals surface area contributed by atoms with Gasteiger partial charge >= 0.3 is 5.97 Å². The lowest BCUT2D eigenvalue weighted by Crippen LogP contribution is -2.06. The molecule has 0 amide bonds. The lowest BCUT2D eigenvalue weighted by Gasteiger charge is -2.18. The largest absolute Gasteiger partial charge is 0.507 e. The molecule has 3 aromatic carbocycles. The highest BCUT2D eigenvalue weighted by Crippen LogP contribution is 2.28. The van der Waals surface area contributed by atoms with Gasteiger partial charge in [0.15, 0.2) is 0 Å². The summed E-state index contributed by atoms with van der Waals surface area (Å²) in [5, 5.41) is 10.2. The van der Waals surface area contributed by atoms with E-state index in [9.17, 15) is 9.90 Å². The summed E-state index contributed by atoms with van der Waals surface area (Å²) in [4.78, 5) is 11.7. The molecule has 0 aliphatic heterocycles. The van der Waals surface area contributed by atoms with E-state index >= 15 is 0 Å². The van der Waals surface area contributed by atoms with Gasteiger partial charge in [0.2, 0.25) is 0 Å². The molecular formula is C24H24O3. The van der Waals surface area contributed by atoms with E-state index in [2.05, 4.69) is 48.5 Å². The summed E-state index contributed by atoms with van der Waals surface area (Å²) in [5.74, 6) is -0.230. The van der Waals surface area contributed by atoms with Gasteiger partial charge in [-0.25, -0.2) is 4.79 Å². The first-order valence-electron chi connectivity index (χ1n) is 9.16. The molecule has 0 saturated carbocycles. The molecule has 138 valence electrons. The van der Waals surface area contributed by atoms with E-state index in [1.165, 1.54) is 18.2 Å². The smallest absolute Gasteiger partial charge is 0.341 e. The van der Waals surface area contributed by atoms with E-state index in [0.717, 1.165) is 24.8 Å². The summed E-state index contributed by atoms with van der Waals surface area (Å²) in [7, 11) is 1.31. The summed E-state index contributed by atoms with van der Waals surface area (Å²) in [6.45, 7) is 0. The van der Waals surface area contributed by atoms with Crippen molar-refractivity contribution in [3.8, 4) is 5.75 Å². The molecule has 0 spiro atoms. The van der Waals surface area contributed by atoms with E-state index in [0.29, 0.717) is 5.92 Å². The molecule has 3 heteroatoms. The van der Waals surface area contributed by atoms with Crippen molar-refractivity contribution >= 4 is 5.97 Å². The Labute approximate surface area is 160 Å². The fourth-order valence-electron chi connectivity index (χ4n) is 3.37. The van der Waals surface area contributed by atoms with E-state index < -0.39 is 5.97 Å². The van der Waals surface area contributed by atoms with Crippen molar-refractivity contribution in [3.05, 3.63) is 101 Å². The molecule has 0 heterocycles. The van der Waals surface area contributed by atoms with Crippen LogP contribution in [0.2, 0.25) is 0 Å². The Balaban J connectivity index is 1.79. The van der Waals surface area contributed by atoms with Crippen LogP contribution in [-0.4, -0.2) is 18.2 Å². The quantitative estimate of drug-likeness (QED) is 0.594. The molecule has 3 nitrogen and oxygen atoms in total. The van der Waals surface area contributed by atoms with Crippen LogP contribution in [0.4, 0.5) is 0 Å². The van der Waals surface area contributed by atoms with Gasteiger partial charge < -0.3 is 9.84 Å². The minimum atomic E-state index is -0.525. The molecule has 0 aromatic heterocycles. The highest BCUT2D eigenvalue weighted by atomic mass is 16.5. The molecule has 0 fully saturated rings. The van der Waals surface area contributed by atoms with Crippen LogP contribution in [0.5, 0.6) is 5.75 Å². The maximum absolute atomic E-state index is 11.7. The van der Waals surface area contributed by atoms with Crippen LogP contribution in [0.25, 0.3) is 0 Å². The molecule has 1 atom stereocenters. The number of esters is 1. The number of phenolic OH excluding ortho intramolecular Hbond substituents is 1. The minimum Gasteiger partial charge on any atom is -0.507 e. The van der Waals surface area contributed by atoms with Crippen LogP contribution >= 0.6 is 0 Å². The number of hydrogen-bond acceptors (Lipinski definition) is 3. The van der Waals surface area contributed by atoms with Gasteiger partial charge in [-0.15, -0.1) is 0 Å². The normalized spacial score (nSPS) is 11.7. The van der Waals surface area contributed by atoms with Crippen LogP contribution in [-0.2, 0) is 17.6 Å². The van der Waals surface area contributed by atoms with Gasteiger partial charge in [0, 0.05) is 0 Å². The Hall–Kier alpha value is -3.07. The van der Waals surface area contributed by atoms with Crippen molar-refractivity contribution in [1.82, 2.24) is 0 Å². The van der Waals surface area contributed by atoms with Crippen molar-refractivity contribution in [1.29, 1.82) is 0 Å². The van der Waals surface area contributed by atoms with Crippen molar-refractivity contribution in [2.24, 2.45) is 0 Å². The molecule has 0 saturated heterocycles. The van der Waals surface area contributed by atoms with Gasteiger partial charge in [-0.1, -0.05) is 66.7 Å². The monoisotopic (exact) mass is 360 g/mol. The minimum absolute atomic E-state index is 0.0331. The lowest BCUT2D eigenvalue weighted by atomic mass is 9.87. The Morgan fingerprint density at radius 1 is 0.926 bits per heavy atom. The SMILES string of the molecule is COC(=O)c1ccc(CC(CCc2ccccc2)c2ccccc2)cc1O. The average Bonchev–Trinajstić information content (AvgIpc) is 2.72. The average molecular weight is 360 g/mol. The number of benzene rings is 3. The number of carbonyl (C=O) groups excluding carboxylic acids is 1. The van der Waals surface area contributed by atoms with Gasteiger partial charge in [0.25, 0.3) is 0 Å². The van der Waals surface area contributed by atoms with Crippen molar-refractivity contribution in [2.45, 2.75) is 25.2 Å². The fraction of sp³-hybridized carbons (Fsp3) is 0.208. The van der Waals surface area contributed by atoms with Crippen LogP contribution < -0.4 is 0 Å². The second-order valence-corrected chi connectivity index (χ2v) is 6.68. The third-order valence-corrected chi connectivity index (χ3v) is 4.84. The molecule has 1 N–H and O–H groups in total. The Bertz CT molecular complexity index is 873. The Morgan fingerprint density at radius 2 is 1.59 bits per heavy atom. The predicted molar refractivity (Wildman–Crippen MR) is 107 cm³/mol. The van der Waals surface area contributed by atoms with Crippen LogP contribution in [0.1, 0.15) is 39.4 Å². The number of aryl methyl sites for hydroxylation is 1. The molecule has 27 heavy (non-hydrogen) atoms. The highest BCUT2D eigenvalue weighted by Gasteiger charge is 2.16. The van der Waals surface area contributed by atoms with E-state index in [4.69, 9.17) is 4.74 Å². The first-order valence-corrected chi connectivity index (χ1v) is 9.16. The maximum Gasteiger partial charge on any atom is 0.341 e. The molecular weight excluding hydrogens is 336 g/mol. The summed E-state index contributed by atoms with van der Waals surface area (Å²) < 4.78 is 4.70. The number of ether oxygens (including phenoxy) is 1. The van der Waals surface area contributed by atoms with E-state index in [-0.39, 0.29) is 11.3 Å². The van der Waals surface area contributed by atoms with Crippen molar-refractivity contribution < 1.29 is 14.6 Å². The number of hydrogen-bond donors (Lipinski definition) is 1. The van der Waals surface area contributed by atoms with Gasteiger partial charge in [0.1, 0.15) is 11.3 Å². The van der Waals surface area contributed by atoms with E-state index in [1.54, 1.807) is 12.1 Å². The fourth-order valence-corrected chi connectivity index (χ4v) is 3.37. The molecule has 0 aliphatic carbocycles. The predicted octanol–water partition coefficient (Wildman–Crippen LogP) is 5.14. The molecule has 0 bridgehead atoms. The molecule has 0 radical (unpaired) electrons. The third kappa shape index (κ3) is 4.98. The van der Waals surface area contributed by atoms with Crippen LogP contribution in [0, 0.1) is 0 Å². The zero-order valence-electron chi connectivity index (χ0n) is 15.5. The van der Waals surface area contributed by atoms with Crippen LogP contribution in [0.15, 0.2) is 78.9 Å². The van der Waals surface area contributed by atoms with Crippen molar-refractivity contribution in [2.75, 3.05) is 7.11 Å². The number of phenols is 1. The molecule has 3 aromatic rings. The zero-order chi connectivity index (χ0) is 19.1. The van der Waals surface area contributed by atoms with Gasteiger partial charge in [-0.3, -0.25) is 0 Å². The van der Waals surface area contributed by atoms with Gasteiger partial charge in [-0.2, -0.15) is 0 Å². The Kier molecular flexibility index (Phi) is 6.26. The topological polar surface area (TPSA) is 46.5 Å². The maximum atomic E-state index is 11.7. The lowest BCUT2D eigenvalue weighted by molar-refractivity contribution is 0.0597. The van der Waals surface area contributed by atoms with E-state index in [1.807, 2.05) is 18.2 Å². The standard InChI is InChI=1S/C24H24O3/c1-27-24(26)22-15-13-19(17-23(22)25)16-21(20-10-6-3-7-11-20)14-12-18-8-4-2-5-9-18/h2-11,13,15,17,21,25H,12,14,16H2,1H3. The first-order chi connectivity index (χ1) is 13.2. The van der Waals surface area contributed by atoms with Crippen LogP contribution in [0.3, 0.4) is 0 Å². The third-order valence-electron chi connectivity index (χ3n) is 4.84. The second-order valence-electron chi connectivity index (χ2n) is 6.68. The first kappa shape index (κ1) is 18.7. The number of rotatable bonds is 7. The summed E-state index contributed by atoms with van der Waals surface area (Å²) in [5.41, 5.74) is 3.80. The summed E-state index contributed by atoms with van der Waals surface area (Å²) >= 11 is 0. The summed E-state index contributed by atoms with van der Waals surface area (Å²) in [6, 6.07) is 26.1. The number of carbonyl (C=O) groups is 1.